The third-order valence-electron chi connectivity index (χ3n) is 3.47. The SMILES string of the molecule is CCN=C1S[C@H](CC(=O)Nc2cccc(C(F)(F)F)c2)C(=O)N1CC. The predicted octanol–water partition coefficient (Wildman–Crippen LogP) is 3.37. The molecule has 5 nitrogen and oxygen atoms in total. The van der Waals surface area contributed by atoms with Crippen molar-refractivity contribution in [1.29, 1.82) is 0 Å². The van der Waals surface area contributed by atoms with E-state index < -0.39 is 22.9 Å². The van der Waals surface area contributed by atoms with Crippen LogP contribution in [0.15, 0.2) is 29.3 Å². The molecule has 0 aliphatic carbocycles. The number of aliphatic imine (C=N–C) groups is 1. The molecule has 2 amide bonds. The number of rotatable bonds is 5. The third kappa shape index (κ3) is 4.75. The molecule has 0 aromatic heterocycles. The van der Waals surface area contributed by atoms with E-state index in [2.05, 4.69) is 10.3 Å². The number of anilines is 1. The number of thioether (sulfide) groups is 1. The number of amidine groups is 1. The Kier molecular flexibility index (Phi) is 6.10. The maximum atomic E-state index is 12.7. The minimum atomic E-state index is -4.48. The molecule has 0 bridgehead atoms. The number of hydrogen-bond donors (Lipinski definition) is 1. The smallest absolute Gasteiger partial charge is 0.326 e. The van der Waals surface area contributed by atoms with Crippen molar-refractivity contribution in [3.05, 3.63) is 29.8 Å². The largest absolute Gasteiger partial charge is 0.416 e. The van der Waals surface area contributed by atoms with Gasteiger partial charge in [-0.05, 0) is 32.0 Å². The lowest BCUT2D eigenvalue weighted by Crippen LogP contribution is -2.33. The van der Waals surface area contributed by atoms with E-state index in [9.17, 15) is 22.8 Å². The summed E-state index contributed by atoms with van der Waals surface area (Å²) in [6, 6.07) is 4.39. The van der Waals surface area contributed by atoms with Crippen LogP contribution in [0.4, 0.5) is 18.9 Å². The van der Waals surface area contributed by atoms with Crippen LogP contribution in [0.2, 0.25) is 0 Å². The van der Waals surface area contributed by atoms with Crippen molar-refractivity contribution in [2.45, 2.75) is 31.7 Å². The van der Waals surface area contributed by atoms with Gasteiger partial charge in [0.2, 0.25) is 11.8 Å². The molecule has 0 radical (unpaired) electrons. The number of hydrogen-bond acceptors (Lipinski definition) is 4. The van der Waals surface area contributed by atoms with Gasteiger partial charge in [-0.25, -0.2) is 0 Å². The average Bonchev–Trinajstić information content (AvgIpc) is 2.82. The Labute approximate surface area is 147 Å². The van der Waals surface area contributed by atoms with Gasteiger partial charge in [0.15, 0.2) is 5.17 Å². The number of carbonyl (C=O) groups is 2. The van der Waals surface area contributed by atoms with Crippen LogP contribution in [0, 0.1) is 0 Å². The fourth-order valence-corrected chi connectivity index (χ4v) is 3.61. The first-order chi connectivity index (χ1) is 11.8. The molecule has 1 heterocycles. The van der Waals surface area contributed by atoms with E-state index in [-0.39, 0.29) is 18.0 Å². The summed E-state index contributed by atoms with van der Waals surface area (Å²) in [4.78, 5) is 30.2. The van der Waals surface area contributed by atoms with Gasteiger partial charge in [0.1, 0.15) is 5.25 Å². The zero-order valence-electron chi connectivity index (χ0n) is 13.8. The van der Waals surface area contributed by atoms with Crippen molar-refractivity contribution in [3.63, 3.8) is 0 Å². The highest BCUT2D eigenvalue weighted by Crippen LogP contribution is 2.32. The molecular formula is C16H18F3N3O2S. The molecule has 1 aliphatic rings. The van der Waals surface area contributed by atoms with Crippen molar-refractivity contribution >= 4 is 34.4 Å². The summed E-state index contributed by atoms with van der Waals surface area (Å²) in [5.41, 5.74) is -0.795. The van der Waals surface area contributed by atoms with Gasteiger partial charge in [0.25, 0.3) is 0 Å². The van der Waals surface area contributed by atoms with Crippen molar-refractivity contribution in [2.24, 2.45) is 4.99 Å². The summed E-state index contributed by atoms with van der Waals surface area (Å²) in [7, 11) is 0. The minimum absolute atomic E-state index is 0.0464. The molecule has 1 fully saturated rings. The first kappa shape index (κ1) is 19.3. The molecule has 136 valence electrons. The van der Waals surface area contributed by atoms with Crippen LogP contribution in [0.1, 0.15) is 25.8 Å². The molecule has 9 heteroatoms. The summed E-state index contributed by atoms with van der Waals surface area (Å²) in [6.45, 7) is 4.64. The van der Waals surface area contributed by atoms with Crippen LogP contribution in [0.5, 0.6) is 0 Å². The molecule has 0 spiro atoms. The van der Waals surface area contributed by atoms with Crippen LogP contribution in [0.25, 0.3) is 0 Å². The second kappa shape index (κ2) is 7.90. The molecule has 0 saturated carbocycles. The third-order valence-corrected chi connectivity index (χ3v) is 4.69. The maximum Gasteiger partial charge on any atom is 0.416 e. The van der Waals surface area contributed by atoms with Crippen LogP contribution in [-0.4, -0.2) is 40.2 Å². The summed E-state index contributed by atoms with van der Waals surface area (Å²) in [5, 5.41) is 2.38. The van der Waals surface area contributed by atoms with Crippen molar-refractivity contribution in [3.8, 4) is 0 Å². The predicted molar refractivity (Wildman–Crippen MR) is 91.4 cm³/mol. The van der Waals surface area contributed by atoms with E-state index in [1.165, 1.54) is 28.8 Å². The van der Waals surface area contributed by atoms with Gasteiger partial charge in [-0.2, -0.15) is 13.2 Å². The van der Waals surface area contributed by atoms with Gasteiger partial charge >= 0.3 is 6.18 Å². The molecule has 2 rings (SSSR count). The van der Waals surface area contributed by atoms with E-state index in [1.807, 2.05) is 13.8 Å². The van der Waals surface area contributed by atoms with Crippen LogP contribution in [-0.2, 0) is 15.8 Å². The zero-order valence-corrected chi connectivity index (χ0v) is 14.6. The van der Waals surface area contributed by atoms with Crippen LogP contribution >= 0.6 is 11.8 Å². The summed E-state index contributed by atoms with van der Waals surface area (Å²) >= 11 is 1.21. The highest BCUT2D eigenvalue weighted by molar-refractivity contribution is 8.15. The van der Waals surface area contributed by atoms with E-state index in [0.717, 1.165) is 12.1 Å². The highest BCUT2D eigenvalue weighted by atomic mass is 32.2. The fourth-order valence-electron chi connectivity index (χ4n) is 2.34. The monoisotopic (exact) mass is 373 g/mol. The fraction of sp³-hybridized carbons (Fsp3) is 0.438. The Morgan fingerprint density at radius 3 is 2.68 bits per heavy atom. The highest BCUT2D eigenvalue weighted by Gasteiger charge is 2.38. The van der Waals surface area contributed by atoms with Gasteiger partial charge in [-0.3, -0.25) is 19.5 Å². The van der Waals surface area contributed by atoms with Crippen molar-refractivity contribution < 1.29 is 22.8 Å². The molecule has 1 aromatic carbocycles. The molecule has 25 heavy (non-hydrogen) atoms. The number of amides is 2. The number of nitrogens with zero attached hydrogens (tertiary/aromatic N) is 2. The minimum Gasteiger partial charge on any atom is -0.326 e. The van der Waals surface area contributed by atoms with Gasteiger partial charge in [0, 0.05) is 25.2 Å². The van der Waals surface area contributed by atoms with E-state index in [1.54, 1.807) is 0 Å². The van der Waals surface area contributed by atoms with Gasteiger partial charge in [-0.1, -0.05) is 17.8 Å². The molecule has 1 aromatic rings. The van der Waals surface area contributed by atoms with Crippen molar-refractivity contribution in [2.75, 3.05) is 18.4 Å². The molecule has 0 unspecified atom stereocenters. The molecular weight excluding hydrogens is 355 g/mol. The first-order valence-electron chi connectivity index (χ1n) is 7.75. The quantitative estimate of drug-likeness (QED) is 0.861. The summed E-state index contributed by atoms with van der Waals surface area (Å²) in [6.07, 6.45) is -4.61. The number of halogens is 3. The lowest BCUT2D eigenvalue weighted by Gasteiger charge is -2.13. The Morgan fingerprint density at radius 1 is 1.36 bits per heavy atom. The molecule has 1 N–H and O–H groups in total. The number of nitrogens with one attached hydrogen (secondary N) is 1. The maximum absolute atomic E-state index is 12.7. The number of alkyl halides is 3. The average molecular weight is 373 g/mol. The Hall–Kier alpha value is -2.03. The second-order valence-electron chi connectivity index (χ2n) is 5.28. The standard InChI is InChI=1S/C16H18F3N3O2S/c1-3-20-15-22(4-2)14(24)12(25-15)9-13(23)21-11-7-5-6-10(8-11)16(17,18)19/h5-8,12H,3-4,9H2,1-2H3,(H,21,23)/t12-/m1/s1. The topological polar surface area (TPSA) is 61.8 Å². The zero-order chi connectivity index (χ0) is 18.6. The van der Waals surface area contributed by atoms with Crippen LogP contribution in [0.3, 0.4) is 0 Å². The second-order valence-corrected chi connectivity index (χ2v) is 6.45. The lowest BCUT2D eigenvalue weighted by atomic mass is 10.2. The lowest BCUT2D eigenvalue weighted by molar-refractivity contribution is -0.137. The summed E-state index contributed by atoms with van der Waals surface area (Å²) < 4.78 is 38.1. The normalized spacial score (nSPS) is 19.6. The first-order valence-corrected chi connectivity index (χ1v) is 8.63. The Morgan fingerprint density at radius 2 is 2.08 bits per heavy atom. The van der Waals surface area contributed by atoms with Gasteiger partial charge < -0.3 is 5.32 Å². The summed E-state index contributed by atoms with van der Waals surface area (Å²) in [5.74, 6) is -0.724. The Bertz CT molecular complexity index is 691. The Balaban J connectivity index is 2.04. The van der Waals surface area contributed by atoms with Gasteiger partial charge in [-0.15, -0.1) is 0 Å². The van der Waals surface area contributed by atoms with E-state index in [4.69, 9.17) is 0 Å². The van der Waals surface area contributed by atoms with E-state index in [0.29, 0.717) is 18.3 Å². The number of benzene rings is 1. The van der Waals surface area contributed by atoms with Crippen LogP contribution < -0.4 is 5.32 Å². The molecule has 1 aliphatic heterocycles. The molecule has 1 atom stereocenters. The van der Waals surface area contributed by atoms with Gasteiger partial charge in [0.05, 0.1) is 5.56 Å². The van der Waals surface area contributed by atoms with Crippen molar-refractivity contribution in [1.82, 2.24) is 4.90 Å². The van der Waals surface area contributed by atoms with E-state index >= 15 is 0 Å². The molecule has 1 saturated heterocycles. The number of carbonyl (C=O) groups excluding carboxylic acids is 2.